The van der Waals surface area contributed by atoms with Gasteiger partial charge >= 0.3 is 6.03 Å². The Labute approximate surface area is 166 Å². The van der Waals surface area contributed by atoms with Crippen LogP contribution in [0.5, 0.6) is 16.8 Å². The van der Waals surface area contributed by atoms with Crippen molar-refractivity contribution < 1.29 is 14.3 Å². The third kappa shape index (κ3) is 4.97. The topological polar surface area (TPSA) is 114 Å². The van der Waals surface area contributed by atoms with Gasteiger partial charge in [0.05, 0.1) is 35.1 Å². The first-order valence-corrected chi connectivity index (χ1v) is 9.56. The Morgan fingerprint density at radius 2 is 2.04 bits per heavy atom. The normalized spacial score (nSPS) is 11.9. The van der Waals surface area contributed by atoms with Gasteiger partial charge in [-0.15, -0.1) is 0 Å². The molecule has 0 bridgehead atoms. The zero-order valence-electron chi connectivity index (χ0n) is 16.0. The molecule has 2 amide bonds. The lowest BCUT2D eigenvalue weighted by Crippen LogP contribution is -2.34. The third-order valence-corrected chi connectivity index (χ3v) is 4.54. The van der Waals surface area contributed by atoms with Crippen LogP contribution in [0.4, 0.5) is 4.79 Å². The van der Waals surface area contributed by atoms with Crippen LogP contribution in [0.2, 0.25) is 0 Å². The zero-order valence-corrected chi connectivity index (χ0v) is 16.8. The number of urea groups is 1. The minimum atomic E-state index is -0.254. The maximum Gasteiger partial charge on any atom is 0.315 e. The van der Waals surface area contributed by atoms with Gasteiger partial charge in [-0.05, 0) is 32.9 Å². The number of rotatable bonds is 7. The Morgan fingerprint density at radius 1 is 1.21 bits per heavy atom. The fraction of sp³-hybridized carbons (Fsp3) is 0.333. The summed E-state index contributed by atoms with van der Waals surface area (Å²) in [5.74, 6) is 1.12. The van der Waals surface area contributed by atoms with E-state index < -0.39 is 0 Å². The van der Waals surface area contributed by atoms with Gasteiger partial charge < -0.3 is 20.1 Å². The van der Waals surface area contributed by atoms with Gasteiger partial charge in [0.15, 0.2) is 0 Å². The summed E-state index contributed by atoms with van der Waals surface area (Å²) >= 11 is 1.36. The average molecular weight is 402 g/mol. The van der Waals surface area contributed by atoms with E-state index in [0.29, 0.717) is 16.8 Å². The number of aromatic amines is 1. The van der Waals surface area contributed by atoms with Gasteiger partial charge in [-0.25, -0.2) is 14.8 Å². The lowest BCUT2D eigenvalue weighted by Gasteiger charge is -2.10. The number of pyridine rings is 1. The van der Waals surface area contributed by atoms with Crippen molar-refractivity contribution in [1.29, 1.82) is 0 Å². The van der Waals surface area contributed by atoms with Crippen molar-refractivity contribution in [2.45, 2.75) is 32.9 Å². The van der Waals surface area contributed by atoms with Gasteiger partial charge in [0.25, 0.3) is 5.19 Å². The summed E-state index contributed by atoms with van der Waals surface area (Å²) in [6, 6.07) is 4.95. The number of H-pyrrole nitrogens is 1. The molecule has 9 nitrogen and oxygen atoms in total. The molecule has 0 radical (unpaired) electrons. The minimum absolute atomic E-state index is 0.0637. The predicted molar refractivity (Wildman–Crippen MR) is 106 cm³/mol. The van der Waals surface area contributed by atoms with Gasteiger partial charge in [0, 0.05) is 13.1 Å². The molecule has 3 heterocycles. The molecule has 1 atom stereocenters. The SMILES string of the molecule is CNC(=O)NC(C)c1cc(-c2cnc(Oc3ccc(OC(C)C)nc3)s2)n[nH]1. The Bertz CT molecular complexity index is 922. The van der Waals surface area contributed by atoms with Crippen molar-refractivity contribution in [1.82, 2.24) is 30.8 Å². The first kappa shape index (κ1) is 19.6. The Morgan fingerprint density at radius 3 is 2.71 bits per heavy atom. The number of nitrogens with one attached hydrogen (secondary N) is 3. The quantitative estimate of drug-likeness (QED) is 0.557. The van der Waals surface area contributed by atoms with Gasteiger partial charge in [-0.3, -0.25) is 5.10 Å². The van der Waals surface area contributed by atoms with Crippen LogP contribution >= 0.6 is 11.3 Å². The molecule has 10 heteroatoms. The maximum absolute atomic E-state index is 11.4. The fourth-order valence-corrected chi connectivity index (χ4v) is 3.04. The van der Waals surface area contributed by atoms with Crippen LogP contribution in [0.1, 0.15) is 32.5 Å². The lowest BCUT2D eigenvalue weighted by atomic mass is 10.2. The highest BCUT2D eigenvalue weighted by Gasteiger charge is 2.14. The standard InChI is InChI=1S/C18H22N6O3S/c1-10(2)26-16-6-5-12(8-20-16)27-18-21-9-15(28-18)14-7-13(23-24-14)11(3)22-17(25)19-4/h5-11H,1-4H3,(H,23,24)(H2,19,22,25). The summed E-state index contributed by atoms with van der Waals surface area (Å²) in [7, 11) is 1.57. The van der Waals surface area contributed by atoms with E-state index in [9.17, 15) is 4.79 Å². The number of nitrogens with zero attached hydrogens (tertiary/aromatic N) is 3. The molecule has 0 saturated carbocycles. The highest BCUT2D eigenvalue weighted by Crippen LogP contribution is 2.33. The summed E-state index contributed by atoms with van der Waals surface area (Å²) in [4.78, 5) is 20.8. The molecule has 148 valence electrons. The van der Waals surface area contributed by atoms with E-state index in [-0.39, 0.29) is 18.2 Å². The summed E-state index contributed by atoms with van der Waals surface area (Å²) in [5.41, 5.74) is 1.52. The third-order valence-electron chi connectivity index (χ3n) is 3.65. The van der Waals surface area contributed by atoms with E-state index in [1.54, 1.807) is 31.6 Å². The molecule has 0 aliphatic heterocycles. The number of carbonyl (C=O) groups excluding carboxylic acids is 1. The highest BCUT2D eigenvalue weighted by molar-refractivity contribution is 7.16. The molecule has 28 heavy (non-hydrogen) atoms. The summed E-state index contributed by atoms with van der Waals surface area (Å²) in [5, 5.41) is 13.0. The molecule has 0 fully saturated rings. The number of ether oxygens (including phenoxy) is 2. The second-order valence-corrected chi connectivity index (χ2v) is 7.24. The summed E-state index contributed by atoms with van der Waals surface area (Å²) < 4.78 is 11.3. The molecule has 0 saturated heterocycles. The van der Waals surface area contributed by atoms with Gasteiger partial charge in [0.2, 0.25) is 5.88 Å². The molecule has 0 spiro atoms. The van der Waals surface area contributed by atoms with Crippen molar-refractivity contribution in [2.75, 3.05) is 7.05 Å². The van der Waals surface area contributed by atoms with Crippen LogP contribution in [0.15, 0.2) is 30.6 Å². The van der Waals surface area contributed by atoms with Gasteiger partial charge in [-0.1, -0.05) is 11.3 Å². The molecule has 3 aromatic rings. The second-order valence-electron chi connectivity index (χ2n) is 6.24. The molecular formula is C18H22N6O3S. The number of hydrogen-bond donors (Lipinski definition) is 3. The number of thiazole rings is 1. The van der Waals surface area contributed by atoms with Crippen molar-refractivity contribution in [2.24, 2.45) is 0 Å². The molecule has 3 N–H and O–H groups in total. The van der Waals surface area contributed by atoms with Crippen molar-refractivity contribution in [3.05, 3.63) is 36.3 Å². The van der Waals surface area contributed by atoms with Crippen molar-refractivity contribution >= 4 is 17.4 Å². The van der Waals surface area contributed by atoms with E-state index >= 15 is 0 Å². The second kappa shape index (κ2) is 8.70. The molecule has 0 aliphatic rings. The monoisotopic (exact) mass is 402 g/mol. The van der Waals surface area contributed by atoms with E-state index in [2.05, 4.69) is 30.8 Å². The van der Waals surface area contributed by atoms with Gasteiger partial charge in [0.1, 0.15) is 11.4 Å². The molecule has 3 rings (SSSR count). The van der Waals surface area contributed by atoms with Crippen molar-refractivity contribution in [3.63, 3.8) is 0 Å². The van der Waals surface area contributed by atoms with E-state index in [1.807, 2.05) is 26.8 Å². The minimum Gasteiger partial charge on any atom is -0.475 e. The van der Waals surface area contributed by atoms with E-state index in [4.69, 9.17) is 9.47 Å². The molecule has 1 unspecified atom stereocenters. The van der Waals surface area contributed by atoms with Crippen LogP contribution < -0.4 is 20.1 Å². The Balaban J connectivity index is 1.65. The average Bonchev–Trinajstić information content (AvgIpc) is 3.32. The highest BCUT2D eigenvalue weighted by atomic mass is 32.1. The first-order valence-electron chi connectivity index (χ1n) is 8.75. The molecule has 3 aromatic heterocycles. The van der Waals surface area contributed by atoms with Crippen LogP contribution in [-0.2, 0) is 0 Å². The van der Waals surface area contributed by atoms with Crippen LogP contribution in [0.25, 0.3) is 10.6 Å². The first-order chi connectivity index (χ1) is 13.4. The predicted octanol–water partition coefficient (Wildman–Crippen LogP) is 3.50. The van der Waals surface area contributed by atoms with Crippen LogP contribution in [0.3, 0.4) is 0 Å². The largest absolute Gasteiger partial charge is 0.475 e. The summed E-state index contributed by atoms with van der Waals surface area (Å²) in [6.45, 7) is 5.76. The van der Waals surface area contributed by atoms with Crippen LogP contribution in [0, 0.1) is 0 Å². The molecular weight excluding hydrogens is 380 g/mol. The lowest BCUT2D eigenvalue weighted by molar-refractivity contribution is 0.232. The van der Waals surface area contributed by atoms with Gasteiger partial charge in [-0.2, -0.15) is 5.10 Å². The summed E-state index contributed by atoms with van der Waals surface area (Å²) in [6.07, 6.45) is 3.35. The molecule has 0 aromatic carbocycles. The van der Waals surface area contributed by atoms with Crippen LogP contribution in [-0.4, -0.2) is 39.3 Å². The Kier molecular flexibility index (Phi) is 6.09. The van der Waals surface area contributed by atoms with E-state index in [1.165, 1.54) is 11.3 Å². The fourth-order valence-electron chi connectivity index (χ4n) is 2.29. The maximum atomic E-state index is 11.4. The smallest absolute Gasteiger partial charge is 0.315 e. The zero-order chi connectivity index (χ0) is 20.1. The molecule has 0 aliphatic carbocycles. The Hall–Kier alpha value is -3.14. The van der Waals surface area contributed by atoms with Crippen molar-refractivity contribution in [3.8, 4) is 27.4 Å². The number of amides is 2. The number of hydrogen-bond acceptors (Lipinski definition) is 7. The van der Waals surface area contributed by atoms with E-state index in [0.717, 1.165) is 16.3 Å². The number of aromatic nitrogens is 4. The number of carbonyl (C=O) groups is 1.